The molecule has 0 aromatic heterocycles. The molecule has 114 valence electrons. The van der Waals surface area contributed by atoms with E-state index >= 15 is 0 Å². The van der Waals surface area contributed by atoms with Gasteiger partial charge < -0.3 is 10.4 Å². The van der Waals surface area contributed by atoms with Gasteiger partial charge in [0, 0.05) is 6.26 Å². The third-order valence-electron chi connectivity index (χ3n) is 3.56. The van der Waals surface area contributed by atoms with Gasteiger partial charge in [-0.15, -0.1) is 0 Å². The number of carboxylic acids is 1. The first-order valence-electron chi connectivity index (χ1n) is 6.56. The van der Waals surface area contributed by atoms with Crippen molar-refractivity contribution in [3.05, 3.63) is 35.4 Å². The number of hydrogen-bond acceptors (Lipinski definition) is 4. The number of carbonyl (C=O) groups is 2. The summed E-state index contributed by atoms with van der Waals surface area (Å²) in [6.07, 6.45) is 1.49. The summed E-state index contributed by atoms with van der Waals surface area (Å²) >= 11 is 0. The zero-order valence-electron chi connectivity index (χ0n) is 11.6. The Morgan fingerprint density at radius 1 is 1.38 bits per heavy atom. The minimum atomic E-state index is -3.26. The number of amides is 1. The predicted molar refractivity (Wildman–Crippen MR) is 76.8 cm³/mol. The lowest BCUT2D eigenvalue weighted by atomic mass is 9.77. The molecule has 21 heavy (non-hydrogen) atoms. The fraction of sp³-hybridized carbons (Fsp3) is 0.429. The van der Waals surface area contributed by atoms with Gasteiger partial charge >= 0.3 is 5.97 Å². The topological polar surface area (TPSA) is 101 Å². The van der Waals surface area contributed by atoms with Crippen LogP contribution in [0.3, 0.4) is 0 Å². The molecule has 1 aliphatic rings. The SMILES string of the molecule is CS(=O)(=O)CCC(NC(=O)C1Cc2ccccc21)C(=O)O. The fourth-order valence-corrected chi connectivity index (χ4v) is 3.02. The minimum Gasteiger partial charge on any atom is -0.480 e. The molecule has 1 aromatic rings. The Kier molecular flexibility index (Phi) is 4.32. The smallest absolute Gasteiger partial charge is 0.326 e. The van der Waals surface area contributed by atoms with Crippen LogP contribution in [0.5, 0.6) is 0 Å². The van der Waals surface area contributed by atoms with Crippen LogP contribution in [0.15, 0.2) is 24.3 Å². The van der Waals surface area contributed by atoms with Crippen LogP contribution in [-0.4, -0.2) is 43.5 Å². The second-order valence-corrected chi connectivity index (χ2v) is 7.53. The number of carbonyl (C=O) groups excluding carboxylic acids is 1. The molecule has 2 unspecified atom stereocenters. The highest BCUT2D eigenvalue weighted by Crippen LogP contribution is 2.34. The van der Waals surface area contributed by atoms with Crippen molar-refractivity contribution < 1.29 is 23.1 Å². The van der Waals surface area contributed by atoms with Gasteiger partial charge in [-0.05, 0) is 24.0 Å². The van der Waals surface area contributed by atoms with E-state index in [0.717, 1.165) is 17.4 Å². The van der Waals surface area contributed by atoms with Crippen LogP contribution < -0.4 is 5.32 Å². The second-order valence-electron chi connectivity index (χ2n) is 5.27. The molecule has 2 N–H and O–H groups in total. The lowest BCUT2D eigenvalue weighted by molar-refractivity contribution is -0.142. The molecule has 0 bridgehead atoms. The molecule has 2 rings (SSSR count). The van der Waals surface area contributed by atoms with Crippen LogP contribution in [0, 0.1) is 0 Å². The average Bonchev–Trinajstić information content (AvgIpc) is 2.34. The van der Waals surface area contributed by atoms with Crippen molar-refractivity contribution in [3.8, 4) is 0 Å². The number of rotatable bonds is 6. The van der Waals surface area contributed by atoms with Gasteiger partial charge in [0.15, 0.2) is 0 Å². The van der Waals surface area contributed by atoms with E-state index in [0.29, 0.717) is 6.42 Å². The number of benzene rings is 1. The monoisotopic (exact) mass is 311 g/mol. The summed E-state index contributed by atoms with van der Waals surface area (Å²) in [6.45, 7) is 0. The first-order chi connectivity index (χ1) is 9.78. The highest BCUT2D eigenvalue weighted by atomic mass is 32.2. The average molecular weight is 311 g/mol. The van der Waals surface area contributed by atoms with Gasteiger partial charge in [-0.25, -0.2) is 13.2 Å². The third-order valence-corrected chi connectivity index (χ3v) is 4.54. The van der Waals surface area contributed by atoms with Crippen LogP contribution in [0.4, 0.5) is 0 Å². The Bertz CT molecular complexity index is 668. The van der Waals surface area contributed by atoms with Crippen molar-refractivity contribution in [2.45, 2.75) is 24.8 Å². The number of aliphatic carboxylic acids is 1. The molecule has 0 saturated carbocycles. The van der Waals surface area contributed by atoms with E-state index in [9.17, 15) is 18.0 Å². The lowest BCUT2D eigenvalue weighted by Gasteiger charge is -2.30. The summed E-state index contributed by atoms with van der Waals surface area (Å²) < 4.78 is 22.2. The maximum Gasteiger partial charge on any atom is 0.326 e. The molecule has 1 amide bonds. The van der Waals surface area contributed by atoms with Gasteiger partial charge in [0.2, 0.25) is 5.91 Å². The quantitative estimate of drug-likeness (QED) is 0.788. The van der Waals surface area contributed by atoms with Gasteiger partial charge in [-0.2, -0.15) is 0 Å². The summed E-state index contributed by atoms with van der Waals surface area (Å²) in [5, 5.41) is 11.5. The van der Waals surface area contributed by atoms with Crippen LogP contribution in [0.2, 0.25) is 0 Å². The van der Waals surface area contributed by atoms with Crippen molar-refractivity contribution in [1.29, 1.82) is 0 Å². The van der Waals surface area contributed by atoms with Crippen molar-refractivity contribution in [2.75, 3.05) is 12.0 Å². The van der Waals surface area contributed by atoms with Crippen LogP contribution >= 0.6 is 0 Å². The molecule has 0 saturated heterocycles. The van der Waals surface area contributed by atoms with Crippen LogP contribution in [0.25, 0.3) is 0 Å². The molecule has 7 heteroatoms. The Balaban J connectivity index is 1.99. The molecule has 1 aliphatic carbocycles. The van der Waals surface area contributed by atoms with Gasteiger partial charge in [0.05, 0.1) is 11.7 Å². The number of carboxylic acid groups (broad SMARTS) is 1. The van der Waals surface area contributed by atoms with Crippen LogP contribution in [-0.2, 0) is 25.8 Å². The lowest BCUT2D eigenvalue weighted by Crippen LogP contribution is -2.46. The Hall–Kier alpha value is -1.89. The fourth-order valence-electron chi connectivity index (χ4n) is 2.35. The van der Waals surface area contributed by atoms with Gasteiger partial charge in [-0.3, -0.25) is 4.79 Å². The van der Waals surface area contributed by atoms with E-state index in [1.165, 1.54) is 0 Å². The minimum absolute atomic E-state index is 0.131. The zero-order chi connectivity index (χ0) is 15.6. The molecule has 0 radical (unpaired) electrons. The molecule has 0 aliphatic heterocycles. The predicted octanol–water partition coefficient (Wildman–Crippen LogP) is 0.330. The molecule has 6 nitrogen and oxygen atoms in total. The maximum atomic E-state index is 12.1. The van der Waals surface area contributed by atoms with E-state index in [4.69, 9.17) is 5.11 Å². The number of hydrogen-bond donors (Lipinski definition) is 2. The number of sulfone groups is 1. The first-order valence-corrected chi connectivity index (χ1v) is 8.62. The molecule has 2 atom stereocenters. The van der Waals surface area contributed by atoms with Gasteiger partial charge in [0.1, 0.15) is 15.9 Å². The molecule has 0 heterocycles. The number of fused-ring (bicyclic) bond motifs is 1. The van der Waals surface area contributed by atoms with Crippen LogP contribution in [0.1, 0.15) is 23.5 Å². The standard InChI is InChI=1S/C14H17NO5S/c1-21(19,20)7-6-12(14(17)18)15-13(16)11-8-9-4-2-3-5-10(9)11/h2-5,11-12H,6-8H2,1H3,(H,15,16)(H,17,18). The second kappa shape index (κ2) is 5.85. The summed E-state index contributed by atoms with van der Waals surface area (Å²) in [5.74, 6) is -2.21. The van der Waals surface area contributed by atoms with Crippen molar-refractivity contribution >= 4 is 21.7 Å². The van der Waals surface area contributed by atoms with Crippen molar-refractivity contribution in [1.82, 2.24) is 5.32 Å². The Morgan fingerprint density at radius 2 is 2.05 bits per heavy atom. The molecular formula is C14H17NO5S. The number of nitrogens with one attached hydrogen (secondary N) is 1. The maximum absolute atomic E-state index is 12.1. The van der Waals surface area contributed by atoms with E-state index in [1.807, 2.05) is 24.3 Å². The third kappa shape index (κ3) is 3.81. The summed E-state index contributed by atoms with van der Waals surface area (Å²) in [7, 11) is -3.26. The van der Waals surface area contributed by atoms with E-state index in [2.05, 4.69) is 5.32 Å². The van der Waals surface area contributed by atoms with Gasteiger partial charge in [0.25, 0.3) is 0 Å². The Morgan fingerprint density at radius 3 is 2.62 bits per heavy atom. The highest BCUT2D eigenvalue weighted by Gasteiger charge is 2.34. The van der Waals surface area contributed by atoms with Gasteiger partial charge in [-0.1, -0.05) is 24.3 Å². The normalized spacial score (nSPS) is 18.2. The molecule has 0 fully saturated rings. The van der Waals surface area contributed by atoms with Crippen molar-refractivity contribution in [3.63, 3.8) is 0 Å². The van der Waals surface area contributed by atoms with E-state index < -0.39 is 21.8 Å². The molecule has 1 aromatic carbocycles. The summed E-state index contributed by atoms with van der Waals surface area (Å²) in [6, 6.07) is 6.31. The highest BCUT2D eigenvalue weighted by molar-refractivity contribution is 7.90. The first kappa shape index (κ1) is 15.5. The van der Waals surface area contributed by atoms with Crippen molar-refractivity contribution in [2.24, 2.45) is 0 Å². The van der Waals surface area contributed by atoms with E-state index in [-0.39, 0.29) is 24.0 Å². The molecular weight excluding hydrogens is 294 g/mol. The zero-order valence-corrected chi connectivity index (χ0v) is 12.4. The summed E-state index contributed by atoms with van der Waals surface area (Å²) in [5.41, 5.74) is 1.99. The Labute approximate surface area is 123 Å². The summed E-state index contributed by atoms with van der Waals surface area (Å²) in [4.78, 5) is 23.2. The largest absolute Gasteiger partial charge is 0.480 e. The molecule has 0 spiro atoms. The van der Waals surface area contributed by atoms with E-state index in [1.54, 1.807) is 0 Å².